The van der Waals surface area contributed by atoms with E-state index in [1.54, 1.807) is 18.2 Å². The Kier molecular flexibility index (Phi) is 4.05. The Balaban J connectivity index is 1.94. The fraction of sp³-hybridized carbons (Fsp3) is 0.462. The Hall–Kier alpha value is -1.03. The Morgan fingerprint density at radius 3 is 2.71 bits per heavy atom. The van der Waals surface area contributed by atoms with Gasteiger partial charge in [0.15, 0.2) is 0 Å². The summed E-state index contributed by atoms with van der Waals surface area (Å²) in [6.07, 6.45) is 5.07. The van der Waals surface area contributed by atoms with Crippen LogP contribution in [-0.4, -0.2) is 12.5 Å². The van der Waals surface area contributed by atoms with E-state index < -0.39 is 0 Å². The van der Waals surface area contributed by atoms with Crippen molar-refractivity contribution in [2.24, 2.45) is 5.92 Å². The Morgan fingerprint density at radius 2 is 2.06 bits per heavy atom. The summed E-state index contributed by atoms with van der Waals surface area (Å²) in [6, 6.07) is 5.28. The highest BCUT2D eigenvalue weighted by atomic mass is 79.9. The number of halogens is 1. The number of nitrogens with two attached hydrogens (primary N) is 1. The minimum atomic E-state index is -0.0371. The molecule has 0 atom stereocenters. The van der Waals surface area contributed by atoms with Crippen LogP contribution in [0.4, 0.5) is 5.69 Å². The predicted octanol–water partition coefficient (Wildman–Crippen LogP) is 2.95. The maximum Gasteiger partial charge on any atom is 0.251 e. The normalized spacial score (nSPS) is 16.1. The molecule has 0 heterocycles. The molecule has 17 heavy (non-hydrogen) atoms. The van der Waals surface area contributed by atoms with E-state index in [1.807, 2.05) is 0 Å². The fourth-order valence-electron chi connectivity index (χ4n) is 2.30. The van der Waals surface area contributed by atoms with Crippen molar-refractivity contribution < 1.29 is 4.79 Å². The van der Waals surface area contributed by atoms with Crippen LogP contribution in [0.2, 0.25) is 0 Å². The standard InChI is InChI=1S/C13H17BrN2O/c14-11-5-10(6-12(15)7-11)13(17)16-8-9-3-1-2-4-9/h5-7,9H,1-4,8,15H2,(H,16,17). The van der Waals surface area contributed by atoms with Gasteiger partial charge in [-0.05, 0) is 37.0 Å². The summed E-state index contributed by atoms with van der Waals surface area (Å²) >= 11 is 3.34. The predicted molar refractivity (Wildman–Crippen MR) is 72.8 cm³/mol. The van der Waals surface area contributed by atoms with Crippen molar-refractivity contribution in [1.29, 1.82) is 0 Å². The van der Waals surface area contributed by atoms with Crippen molar-refractivity contribution in [3.63, 3.8) is 0 Å². The molecule has 0 bridgehead atoms. The van der Waals surface area contributed by atoms with Gasteiger partial charge in [0.2, 0.25) is 0 Å². The molecule has 3 N–H and O–H groups in total. The SMILES string of the molecule is Nc1cc(Br)cc(C(=O)NCC2CCCC2)c1. The molecular formula is C13H17BrN2O. The molecular weight excluding hydrogens is 280 g/mol. The summed E-state index contributed by atoms with van der Waals surface area (Å²) in [6.45, 7) is 0.783. The quantitative estimate of drug-likeness (QED) is 0.843. The van der Waals surface area contributed by atoms with Crippen LogP contribution in [0.1, 0.15) is 36.0 Å². The van der Waals surface area contributed by atoms with Gasteiger partial charge in [-0.15, -0.1) is 0 Å². The number of carbonyl (C=O) groups excluding carboxylic acids is 1. The van der Waals surface area contributed by atoms with Crippen LogP contribution < -0.4 is 11.1 Å². The molecule has 92 valence electrons. The molecule has 0 radical (unpaired) electrons. The van der Waals surface area contributed by atoms with Crippen LogP contribution in [0.15, 0.2) is 22.7 Å². The van der Waals surface area contributed by atoms with Crippen LogP contribution in [0.3, 0.4) is 0 Å². The maximum atomic E-state index is 11.9. The zero-order chi connectivity index (χ0) is 12.3. The van der Waals surface area contributed by atoms with Gasteiger partial charge < -0.3 is 11.1 Å². The summed E-state index contributed by atoms with van der Waals surface area (Å²) in [7, 11) is 0. The lowest BCUT2D eigenvalue weighted by atomic mass is 10.1. The van der Waals surface area contributed by atoms with Crippen LogP contribution >= 0.6 is 15.9 Å². The van der Waals surface area contributed by atoms with Gasteiger partial charge in [-0.25, -0.2) is 0 Å². The highest BCUT2D eigenvalue weighted by Gasteiger charge is 2.16. The van der Waals surface area contributed by atoms with E-state index in [9.17, 15) is 4.79 Å². The lowest BCUT2D eigenvalue weighted by molar-refractivity contribution is 0.0947. The van der Waals surface area contributed by atoms with E-state index >= 15 is 0 Å². The summed E-state index contributed by atoms with van der Waals surface area (Å²) in [5, 5.41) is 2.98. The number of anilines is 1. The number of amides is 1. The van der Waals surface area contributed by atoms with Crippen LogP contribution in [0.5, 0.6) is 0 Å². The largest absolute Gasteiger partial charge is 0.399 e. The first-order valence-corrected chi connectivity index (χ1v) is 6.79. The summed E-state index contributed by atoms with van der Waals surface area (Å²) in [5.74, 6) is 0.619. The van der Waals surface area contributed by atoms with Crippen molar-refractivity contribution in [3.05, 3.63) is 28.2 Å². The number of benzene rings is 1. The zero-order valence-corrected chi connectivity index (χ0v) is 11.3. The van der Waals surface area contributed by atoms with Crippen LogP contribution in [0.25, 0.3) is 0 Å². The second kappa shape index (κ2) is 5.54. The number of nitrogen functional groups attached to an aromatic ring is 1. The van der Waals surface area contributed by atoms with Crippen LogP contribution in [0, 0.1) is 5.92 Å². The van der Waals surface area contributed by atoms with Crippen molar-refractivity contribution in [3.8, 4) is 0 Å². The fourth-order valence-corrected chi connectivity index (χ4v) is 2.81. The average molecular weight is 297 g/mol. The Morgan fingerprint density at radius 1 is 1.35 bits per heavy atom. The van der Waals surface area contributed by atoms with Crippen molar-refractivity contribution in [2.45, 2.75) is 25.7 Å². The summed E-state index contributed by atoms with van der Waals surface area (Å²) in [5.41, 5.74) is 6.93. The highest BCUT2D eigenvalue weighted by Crippen LogP contribution is 2.24. The Labute approximate surface area is 110 Å². The first-order chi connectivity index (χ1) is 8.15. The topological polar surface area (TPSA) is 55.1 Å². The number of rotatable bonds is 3. The van der Waals surface area contributed by atoms with Gasteiger partial charge in [-0.2, -0.15) is 0 Å². The van der Waals surface area contributed by atoms with E-state index in [4.69, 9.17) is 5.73 Å². The Bertz CT molecular complexity index is 394. The number of carbonyl (C=O) groups is 1. The lowest BCUT2D eigenvalue weighted by Crippen LogP contribution is -2.28. The van der Waals surface area contributed by atoms with Gasteiger partial charge in [-0.3, -0.25) is 4.79 Å². The van der Waals surface area contributed by atoms with Crippen LogP contribution in [-0.2, 0) is 0 Å². The molecule has 0 aliphatic heterocycles. The van der Waals surface area contributed by atoms with E-state index in [1.165, 1.54) is 25.7 Å². The first kappa shape index (κ1) is 12.4. The third-order valence-electron chi connectivity index (χ3n) is 3.21. The third-order valence-corrected chi connectivity index (χ3v) is 3.67. The molecule has 4 heteroatoms. The van der Waals surface area contributed by atoms with Crippen molar-refractivity contribution in [2.75, 3.05) is 12.3 Å². The zero-order valence-electron chi connectivity index (χ0n) is 9.71. The van der Waals surface area contributed by atoms with Gasteiger partial charge in [-0.1, -0.05) is 28.8 Å². The minimum absolute atomic E-state index is 0.0371. The molecule has 0 unspecified atom stereocenters. The molecule has 0 spiro atoms. The highest BCUT2D eigenvalue weighted by molar-refractivity contribution is 9.10. The first-order valence-electron chi connectivity index (χ1n) is 5.99. The molecule has 1 aromatic carbocycles. The van der Waals surface area contributed by atoms with Gasteiger partial charge in [0.05, 0.1) is 0 Å². The molecule has 3 nitrogen and oxygen atoms in total. The van der Waals surface area contributed by atoms with Gasteiger partial charge in [0.25, 0.3) is 5.91 Å². The van der Waals surface area contributed by atoms with E-state index in [-0.39, 0.29) is 5.91 Å². The second-order valence-electron chi connectivity index (χ2n) is 4.63. The molecule has 0 saturated heterocycles. The molecule has 2 rings (SSSR count). The number of nitrogens with one attached hydrogen (secondary N) is 1. The minimum Gasteiger partial charge on any atom is -0.399 e. The van der Waals surface area contributed by atoms with E-state index in [0.717, 1.165) is 11.0 Å². The van der Waals surface area contributed by atoms with Gasteiger partial charge in [0, 0.05) is 22.3 Å². The van der Waals surface area contributed by atoms with Crippen molar-refractivity contribution >= 4 is 27.5 Å². The van der Waals surface area contributed by atoms with E-state index in [0.29, 0.717) is 17.2 Å². The molecule has 0 aromatic heterocycles. The molecule has 1 aromatic rings. The van der Waals surface area contributed by atoms with Gasteiger partial charge in [0.1, 0.15) is 0 Å². The lowest BCUT2D eigenvalue weighted by Gasteiger charge is -2.11. The number of hydrogen-bond donors (Lipinski definition) is 2. The maximum absolute atomic E-state index is 11.9. The smallest absolute Gasteiger partial charge is 0.251 e. The summed E-state index contributed by atoms with van der Waals surface area (Å²) < 4.78 is 0.837. The molecule has 1 aliphatic carbocycles. The monoisotopic (exact) mass is 296 g/mol. The molecule has 1 fully saturated rings. The summed E-state index contributed by atoms with van der Waals surface area (Å²) in [4.78, 5) is 11.9. The molecule has 1 aliphatic rings. The van der Waals surface area contributed by atoms with Gasteiger partial charge >= 0.3 is 0 Å². The molecule has 1 amide bonds. The molecule has 1 saturated carbocycles. The third kappa shape index (κ3) is 3.46. The average Bonchev–Trinajstić information content (AvgIpc) is 2.77. The van der Waals surface area contributed by atoms with E-state index in [2.05, 4.69) is 21.2 Å². The second-order valence-corrected chi connectivity index (χ2v) is 5.55. The number of hydrogen-bond acceptors (Lipinski definition) is 2. The van der Waals surface area contributed by atoms with Crippen molar-refractivity contribution in [1.82, 2.24) is 5.32 Å².